The van der Waals surface area contributed by atoms with Gasteiger partial charge in [0.25, 0.3) is 0 Å². The van der Waals surface area contributed by atoms with Gasteiger partial charge in [0.15, 0.2) is 0 Å². The van der Waals surface area contributed by atoms with Crippen LogP contribution in [0, 0.1) is 3.57 Å². The average molecular weight is 343 g/mol. The highest BCUT2D eigenvalue weighted by molar-refractivity contribution is 14.1. The van der Waals surface area contributed by atoms with Gasteiger partial charge in [0, 0.05) is 17.4 Å². The van der Waals surface area contributed by atoms with Crippen molar-refractivity contribution in [3.05, 3.63) is 33.5 Å². The van der Waals surface area contributed by atoms with E-state index < -0.39 is 5.97 Å². The summed E-state index contributed by atoms with van der Waals surface area (Å²) in [5.41, 5.74) is 1.43. The van der Waals surface area contributed by atoms with Crippen molar-refractivity contribution in [3.8, 4) is 0 Å². The number of nitrogens with zero attached hydrogens (tertiary/aromatic N) is 1. The van der Waals surface area contributed by atoms with Crippen molar-refractivity contribution >= 4 is 39.5 Å². The molecule has 0 unspecified atom stereocenters. The number of carboxylic acid groups (broad SMARTS) is 1. The van der Waals surface area contributed by atoms with E-state index in [1.54, 1.807) is 0 Å². The summed E-state index contributed by atoms with van der Waals surface area (Å²) >= 11 is 2.12. The van der Waals surface area contributed by atoms with Crippen LogP contribution in [0.2, 0.25) is 0 Å². The number of unbranched alkanes of at least 4 members (excludes halogenated alkanes) is 1. The zero-order chi connectivity index (χ0) is 12.4. The molecule has 0 saturated carbocycles. The number of carboxylic acids is 1. The first-order valence-electron chi connectivity index (χ1n) is 5.66. The van der Waals surface area contributed by atoms with Gasteiger partial charge in [-0.1, -0.05) is 31.5 Å². The Balaban J connectivity index is 2.67. The van der Waals surface area contributed by atoms with E-state index in [1.165, 1.54) is 0 Å². The predicted molar refractivity (Wildman–Crippen MR) is 76.5 cm³/mol. The topological polar surface area (TPSA) is 42.2 Å². The van der Waals surface area contributed by atoms with Crippen molar-refractivity contribution in [2.75, 3.05) is 0 Å². The average Bonchev–Trinajstić information content (AvgIpc) is 2.60. The molecule has 0 saturated heterocycles. The molecule has 2 aromatic rings. The van der Waals surface area contributed by atoms with Gasteiger partial charge in [-0.15, -0.1) is 0 Å². The molecule has 1 aromatic carbocycles. The molecule has 0 fully saturated rings. The molecule has 17 heavy (non-hydrogen) atoms. The Labute approximate surface area is 114 Å². The van der Waals surface area contributed by atoms with E-state index in [4.69, 9.17) is 0 Å². The zero-order valence-electron chi connectivity index (χ0n) is 9.61. The fraction of sp³-hybridized carbons (Fsp3) is 0.308. The van der Waals surface area contributed by atoms with Crippen LogP contribution in [0.25, 0.3) is 10.9 Å². The van der Waals surface area contributed by atoms with Gasteiger partial charge in [-0.3, -0.25) is 0 Å². The Morgan fingerprint density at radius 1 is 1.41 bits per heavy atom. The molecule has 0 bridgehead atoms. The van der Waals surface area contributed by atoms with E-state index in [9.17, 15) is 9.90 Å². The van der Waals surface area contributed by atoms with Gasteiger partial charge in [-0.05, 0) is 35.1 Å². The van der Waals surface area contributed by atoms with Crippen molar-refractivity contribution in [3.63, 3.8) is 0 Å². The predicted octanol–water partition coefficient (Wildman–Crippen LogP) is 3.74. The van der Waals surface area contributed by atoms with Crippen LogP contribution < -0.4 is 0 Å². The molecule has 3 nitrogen and oxygen atoms in total. The number of hydrogen-bond donors (Lipinski definition) is 1. The van der Waals surface area contributed by atoms with E-state index in [1.807, 2.05) is 28.8 Å². The van der Waals surface area contributed by atoms with Crippen LogP contribution in [-0.2, 0) is 6.54 Å². The summed E-state index contributed by atoms with van der Waals surface area (Å²) in [4.78, 5) is 11.3. The number of halogens is 1. The second-order valence-corrected chi connectivity index (χ2v) is 5.07. The van der Waals surface area contributed by atoms with Crippen LogP contribution in [-0.4, -0.2) is 15.6 Å². The van der Waals surface area contributed by atoms with E-state index in [0.29, 0.717) is 5.69 Å². The molecule has 0 aliphatic rings. The van der Waals surface area contributed by atoms with Crippen molar-refractivity contribution in [2.45, 2.75) is 26.3 Å². The Morgan fingerprint density at radius 3 is 2.76 bits per heavy atom. The lowest BCUT2D eigenvalue weighted by atomic mass is 10.2. The van der Waals surface area contributed by atoms with E-state index in [-0.39, 0.29) is 0 Å². The van der Waals surface area contributed by atoms with Crippen molar-refractivity contribution < 1.29 is 9.90 Å². The lowest BCUT2D eigenvalue weighted by Gasteiger charge is -2.07. The Bertz CT molecular complexity index is 560. The van der Waals surface area contributed by atoms with Crippen LogP contribution in [0.1, 0.15) is 30.3 Å². The number of para-hydroxylation sites is 1. The zero-order valence-corrected chi connectivity index (χ0v) is 11.8. The highest BCUT2D eigenvalue weighted by Crippen LogP contribution is 2.28. The van der Waals surface area contributed by atoms with Crippen molar-refractivity contribution in [2.24, 2.45) is 0 Å². The van der Waals surface area contributed by atoms with Gasteiger partial charge in [0.1, 0.15) is 5.69 Å². The maximum absolute atomic E-state index is 11.3. The van der Waals surface area contributed by atoms with Crippen LogP contribution in [0.5, 0.6) is 0 Å². The third kappa shape index (κ3) is 2.18. The Hall–Kier alpha value is -1.04. The third-order valence-electron chi connectivity index (χ3n) is 2.85. The summed E-state index contributed by atoms with van der Waals surface area (Å²) in [7, 11) is 0. The number of aromatic nitrogens is 1. The lowest BCUT2D eigenvalue weighted by molar-refractivity contribution is 0.0684. The molecule has 0 atom stereocenters. The van der Waals surface area contributed by atoms with Gasteiger partial charge in [0.05, 0.1) is 3.57 Å². The molecule has 0 spiro atoms. The van der Waals surface area contributed by atoms with E-state index >= 15 is 0 Å². The first kappa shape index (κ1) is 12.4. The van der Waals surface area contributed by atoms with Crippen LogP contribution in [0.3, 0.4) is 0 Å². The minimum absolute atomic E-state index is 0.417. The van der Waals surface area contributed by atoms with Crippen molar-refractivity contribution in [1.82, 2.24) is 4.57 Å². The number of benzene rings is 1. The lowest BCUT2D eigenvalue weighted by Crippen LogP contribution is -2.09. The van der Waals surface area contributed by atoms with E-state index in [2.05, 4.69) is 29.5 Å². The number of hydrogen-bond acceptors (Lipinski definition) is 1. The fourth-order valence-corrected chi connectivity index (χ4v) is 3.00. The van der Waals surface area contributed by atoms with Gasteiger partial charge >= 0.3 is 5.97 Å². The fourth-order valence-electron chi connectivity index (χ4n) is 2.02. The van der Waals surface area contributed by atoms with Gasteiger partial charge < -0.3 is 9.67 Å². The largest absolute Gasteiger partial charge is 0.477 e. The number of carbonyl (C=O) groups is 1. The molecular formula is C13H14INO2. The van der Waals surface area contributed by atoms with E-state index in [0.717, 1.165) is 33.9 Å². The summed E-state index contributed by atoms with van der Waals surface area (Å²) in [5.74, 6) is -0.846. The molecular weight excluding hydrogens is 329 g/mol. The molecule has 0 aliphatic carbocycles. The first-order chi connectivity index (χ1) is 8.16. The second kappa shape index (κ2) is 5.08. The monoisotopic (exact) mass is 343 g/mol. The SMILES string of the molecule is CCCCn1c(C(=O)O)c(I)c2ccccc21. The normalized spacial score (nSPS) is 10.9. The first-order valence-corrected chi connectivity index (χ1v) is 6.74. The van der Waals surface area contributed by atoms with Crippen LogP contribution in [0.15, 0.2) is 24.3 Å². The van der Waals surface area contributed by atoms with Crippen LogP contribution in [0.4, 0.5) is 0 Å². The molecule has 2 rings (SSSR count). The molecule has 0 aliphatic heterocycles. The maximum atomic E-state index is 11.3. The summed E-state index contributed by atoms with van der Waals surface area (Å²) in [5, 5.41) is 10.4. The summed E-state index contributed by atoms with van der Waals surface area (Å²) < 4.78 is 2.75. The number of fused-ring (bicyclic) bond motifs is 1. The third-order valence-corrected chi connectivity index (χ3v) is 3.94. The molecule has 1 N–H and O–H groups in total. The Morgan fingerprint density at radius 2 is 2.12 bits per heavy atom. The summed E-state index contributed by atoms with van der Waals surface area (Å²) in [6, 6.07) is 7.86. The summed E-state index contributed by atoms with van der Waals surface area (Å²) in [6.07, 6.45) is 2.05. The minimum atomic E-state index is -0.846. The quantitative estimate of drug-likeness (QED) is 0.860. The molecule has 0 amide bonds. The number of aryl methyl sites for hydroxylation is 1. The molecule has 1 aromatic heterocycles. The highest BCUT2D eigenvalue weighted by atomic mass is 127. The smallest absolute Gasteiger partial charge is 0.353 e. The highest BCUT2D eigenvalue weighted by Gasteiger charge is 2.19. The standard InChI is InChI=1S/C13H14INO2/c1-2-3-8-15-10-7-5-4-6-9(10)11(14)12(15)13(16)17/h4-7H,2-3,8H2,1H3,(H,16,17). The summed E-state index contributed by atoms with van der Waals surface area (Å²) in [6.45, 7) is 2.87. The molecule has 0 radical (unpaired) electrons. The van der Waals surface area contributed by atoms with Gasteiger partial charge in [-0.25, -0.2) is 4.79 Å². The number of aromatic carboxylic acids is 1. The molecule has 4 heteroatoms. The molecule has 1 heterocycles. The van der Waals surface area contributed by atoms with Gasteiger partial charge in [-0.2, -0.15) is 0 Å². The minimum Gasteiger partial charge on any atom is -0.477 e. The second-order valence-electron chi connectivity index (χ2n) is 3.99. The maximum Gasteiger partial charge on any atom is 0.353 e. The molecule has 90 valence electrons. The number of rotatable bonds is 4. The van der Waals surface area contributed by atoms with Gasteiger partial charge in [0.2, 0.25) is 0 Å². The van der Waals surface area contributed by atoms with Crippen LogP contribution >= 0.6 is 22.6 Å². The Kier molecular flexibility index (Phi) is 3.71. The van der Waals surface area contributed by atoms with Crippen molar-refractivity contribution in [1.29, 1.82) is 0 Å².